The van der Waals surface area contributed by atoms with Gasteiger partial charge in [0, 0.05) is 5.56 Å². The molecule has 0 aromatic heterocycles. The second-order valence-electron chi connectivity index (χ2n) is 2.54. The lowest BCUT2D eigenvalue weighted by Gasteiger charge is -2.04. The Morgan fingerprint density at radius 2 is 2.29 bits per heavy atom. The molecule has 72 valence electrons. The Morgan fingerprint density at radius 3 is 3.00 bits per heavy atom. The Hall–Kier alpha value is -1.42. The number of methoxy groups -OCH3 is 1. The van der Waals surface area contributed by atoms with Crippen molar-refractivity contribution in [3.8, 4) is 5.75 Å². The lowest BCUT2D eigenvalue weighted by molar-refractivity contribution is 0.409. The van der Waals surface area contributed by atoms with Gasteiger partial charge in [0.1, 0.15) is 5.75 Å². The van der Waals surface area contributed by atoms with Crippen molar-refractivity contribution in [1.82, 2.24) is 0 Å². The van der Waals surface area contributed by atoms with E-state index in [1.165, 1.54) is 0 Å². The zero-order valence-corrected chi connectivity index (χ0v) is 9.10. The Morgan fingerprint density at radius 1 is 1.50 bits per heavy atom. The van der Waals surface area contributed by atoms with Crippen LogP contribution in [0.15, 0.2) is 46.4 Å². The van der Waals surface area contributed by atoms with Gasteiger partial charge in [-0.1, -0.05) is 23.9 Å². The molecule has 0 unspecified atom stereocenters. The topological polar surface area (TPSA) is 34.0 Å². The van der Waals surface area contributed by atoms with Crippen LogP contribution in [0.4, 0.5) is 0 Å². The van der Waals surface area contributed by atoms with Crippen molar-refractivity contribution in [2.75, 3.05) is 7.11 Å². The van der Waals surface area contributed by atoms with Crippen LogP contribution in [-0.2, 0) is 6.54 Å². The molecule has 1 aromatic rings. The summed E-state index contributed by atoms with van der Waals surface area (Å²) in [5.41, 5.74) is 2.79. The first kappa shape index (κ1) is 10.7. The fraction of sp³-hybridized carbons (Fsp3) is 0.200. The van der Waals surface area contributed by atoms with E-state index >= 15 is 0 Å². The number of nitrogens with zero attached hydrogens (tertiary/aromatic N) is 2. The molecule has 0 fully saturated rings. The van der Waals surface area contributed by atoms with Gasteiger partial charge in [-0.25, -0.2) is 4.78 Å². The zero-order valence-electron chi connectivity index (χ0n) is 8.10. The SMILES string of the molecule is C=C[Si]N=NCc1ccccc1OC. The number of rotatable bonds is 5. The van der Waals surface area contributed by atoms with E-state index in [1.807, 2.05) is 24.3 Å². The maximum atomic E-state index is 5.18. The lowest BCUT2D eigenvalue weighted by Crippen LogP contribution is -1.89. The van der Waals surface area contributed by atoms with Crippen LogP contribution in [0.2, 0.25) is 0 Å². The Labute approximate surface area is 86.4 Å². The van der Waals surface area contributed by atoms with Crippen LogP contribution in [-0.4, -0.2) is 16.8 Å². The molecule has 4 heteroatoms. The van der Waals surface area contributed by atoms with Crippen molar-refractivity contribution in [3.05, 3.63) is 42.1 Å². The van der Waals surface area contributed by atoms with Gasteiger partial charge in [-0.3, -0.25) is 0 Å². The van der Waals surface area contributed by atoms with E-state index in [9.17, 15) is 0 Å². The van der Waals surface area contributed by atoms with Gasteiger partial charge in [-0.15, -0.1) is 6.58 Å². The molecule has 0 aliphatic heterocycles. The molecule has 0 saturated heterocycles. The van der Waals surface area contributed by atoms with Crippen molar-refractivity contribution in [2.24, 2.45) is 9.89 Å². The highest BCUT2D eigenvalue weighted by atomic mass is 28.2. The monoisotopic (exact) mass is 204 g/mol. The Balaban J connectivity index is 2.61. The van der Waals surface area contributed by atoms with Crippen molar-refractivity contribution < 1.29 is 4.74 Å². The molecule has 0 atom stereocenters. The molecule has 0 aliphatic carbocycles. The largest absolute Gasteiger partial charge is 0.496 e. The van der Waals surface area contributed by atoms with Crippen LogP contribution in [0.3, 0.4) is 0 Å². The maximum Gasteiger partial charge on any atom is 0.271 e. The minimum atomic E-state index is 0.345. The standard InChI is InChI=1S/C10H12N2OSi/c1-3-14-12-11-8-9-6-4-5-7-10(9)13-2/h3-7H,1,8H2,2H3. The molecule has 0 bridgehead atoms. The second-order valence-corrected chi connectivity index (χ2v) is 3.41. The molecule has 2 radical (unpaired) electrons. The van der Waals surface area contributed by atoms with Crippen molar-refractivity contribution in [1.29, 1.82) is 0 Å². The number of hydrogen-bond donors (Lipinski definition) is 0. The summed E-state index contributed by atoms with van der Waals surface area (Å²) in [7, 11) is 2.00. The van der Waals surface area contributed by atoms with Crippen molar-refractivity contribution in [3.63, 3.8) is 0 Å². The summed E-state index contributed by atoms with van der Waals surface area (Å²) in [4.78, 5) is 0. The van der Waals surface area contributed by atoms with Gasteiger partial charge < -0.3 is 4.74 Å². The van der Waals surface area contributed by atoms with E-state index in [4.69, 9.17) is 4.74 Å². The van der Waals surface area contributed by atoms with E-state index in [0.717, 1.165) is 11.3 Å². The van der Waals surface area contributed by atoms with Crippen molar-refractivity contribution in [2.45, 2.75) is 6.54 Å². The van der Waals surface area contributed by atoms with Crippen LogP contribution in [0.5, 0.6) is 5.75 Å². The van der Waals surface area contributed by atoms with Gasteiger partial charge in [0.05, 0.1) is 13.7 Å². The summed E-state index contributed by atoms with van der Waals surface area (Å²) < 4.78 is 9.12. The van der Waals surface area contributed by atoms with Gasteiger partial charge in [0.2, 0.25) is 0 Å². The van der Waals surface area contributed by atoms with Crippen LogP contribution >= 0.6 is 0 Å². The lowest BCUT2D eigenvalue weighted by atomic mass is 10.2. The molecular formula is C10H12N2OSi. The van der Waals surface area contributed by atoms with E-state index in [-0.39, 0.29) is 0 Å². The fourth-order valence-corrected chi connectivity index (χ4v) is 1.26. The summed E-state index contributed by atoms with van der Waals surface area (Å²) in [6.45, 7) is 4.13. The van der Waals surface area contributed by atoms with Gasteiger partial charge >= 0.3 is 0 Å². The summed E-state index contributed by atoms with van der Waals surface area (Å²) in [6, 6.07) is 7.80. The molecule has 14 heavy (non-hydrogen) atoms. The van der Waals surface area contributed by atoms with Crippen LogP contribution in [0, 0.1) is 0 Å². The zero-order chi connectivity index (χ0) is 10.2. The van der Waals surface area contributed by atoms with Gasteiger partial charge in [-0.05, 0) is 6.07 Å². The third-order valence-electron chi connectivity index (χ3n) is 1.65. The summed E-state index contributed by atoms with van der Waals surface area (Å²) in [5, 5.41) is 4.03. The van der Waals surface area contributed by atoms with Crippen LogP contribution < -0.4 is 4.74 Å². The highest BCUT2D eigenvalue weighted by Gasteiger charge is 1.98. The highest BCUT2D eigenvalue weighted by Crippen LogP contribution is 2.17. The molecule has 3 nitrogen and oxygen atoms in total. The average molecular weight is 204 g/mol. The molecular weight excluding hydrogens is 192 g/mol. The number of ether oxygens (including phenoxy) is 1. The summed E-state index contributed by atoms with van der Waals surface area (Å²) >= 11 is 0. The minimum absolute atomic E-state index is 0.345. The van der Waals surface area contributed by atoms with Crippen LogP contribution in [0.1, 0.15) is 5.56 Å². The van der Waals surface area contributed by atoms with Crippen molar-refractivity contribution >= 4 is 9.68 Å². The molecule has 0 heterocycles. The predicted molar refractivity (Wildman–Crippen MR) is 57.5 cm³/mol. The first-order chi connectivity index (χ1) is 6.88. The van der Waals surface area contributed by atoms with E-state index in [2.05, 4.69) is 16.5 Å². The van der Waals surface area contributed by atoms with Gasteiger partial charge in [0.25, 0.3) is 9.68 Å². The molecule has 0 saturated carbocycles. The second kappa shape index (κ2) is 6.10. The molecule has 0 spiro atoms. The fourth-order valence-electron chi connectivity index (χ4n) is 1.03. The predicted octanol–water partition coefficient (Wildman–Crippen LogP) is 2.41. The minimum Gasteiger partial charge on any atom is -0.496 e. The van der Waals surface area contributed by atoms with E-state index in [1.54, 1.807) is 12.8 Å². The number of para-hydroxylation sites is 1. The van der Waals surface area contributed by atoms with Gasteiger partial charge in [-0.2, -0.15) is 5.11 Å². The number of hydrogen-bond acceptors (Lipinski definition) is 3. The van der Waals surface area contributed by atoms with E-state index in [0.29, 0.717) is 16.2 Å². The molecule has 0 N–H and O–H groups in total. The first-order valence-electron chi connectivity index (χ1n) is 4.23. The quantitative estimate of drug-likeness (QED) is 0.535. The summed E-state index contributed by atoms with van der Waals surface area (Å²) in [6.07, 6.45) is 0. The average Bonchev–Trinajstić information content (AvgIpc) is 2.25. The highest BCUT2D eigenvalue weighted by molar-refractivity contribution is 6.39. The molecule has 1 aromatic carbocycles. The van der Waals surface area contributed by atoms with E-state index < -0.39 is 0 Å². The Kier molecular flexibility index (Phi) is 4.64. The smallest absolute Gasteiger partial charge is 0.271 e. The summed E-state index contributed by atoms with van der Waals surface area (Å²) in [5.74, 6) is 0.855. The third-order valence-corrected chi connectivity index (χ3v) is 2.09. The number of benzene rings is 1. The molecule has 1 rings (SSSR count). The molecule has 0 aliphatic rings. The molecule has 0 amide bonds. The van der Waals surface area contributed by atoms with Gasteiger partial charge in [0.15, 0.2) is 0 Å². The third kappa shape index (κ3) is 3.14. The Bertz CT molecular complexity index is 326. The maximum absolute atomic E-state index is 5.18. The van der Waals surface area contributed by atoms with Crippen LogP contribution in [0.25, 0.3) is 0 Å². The normalized spacial score (nSPS) is 10.4. The first-order valence-corrected chi connectivity index (χ1v) is 5.25.